The molecule has 274 valence electrons. The third-order valence-electron chi connectivity index (χ3n) is 8.55. The SMILES string of the molecule is CCCCCCCCC(=O)OCC(COC(=O)CCCCCCCC)CC(=O)OC(CC)C(C)CC.CCCCCCCCOC. The first-order valence-corrected chi connectivity index (χ1v) is 19.3. The molecule has 0 aliphatic heterocycles. The van der Waals surface area contributed by atoms with Gasteiger partial charge in [-0.3, -0.25) is 14.4 Å². The molecule has 0 radical (unpaired) electrons. The number of ether oxygens (including phenoxy) is 4. The highest BCUT2D eigenvalue weighted by Crippen LogP contribution is 2.18. The lowest BCUT2D eigenvalue weighted by molar-refractivity contribution is -0.159. The fourth-order valence-electron chi connectivity index (χ4n) is 5.18. The highest BCUT2D eigenvalue weighted by Gasteiger charge is 2.23. The second-order valence-corrected chi connectivity index (χ2v) is 13.1. The van der Waals surface area contributed by atoms with Gasteiger partial charge in [-0.15, -0.1) is 0 Å². The van der Waals surface area contributed by atoms with Gasteiger partial charge >= 0.3 is 17.9 Å². The highest BCUT2D eigenvalue weighted by atomic mass is 16.6. The van der Waals surface area contributed by atoms with E-state index in [1.165, 1.54) is 77.0 Å². The Balaban J connectivity index is 0. The first kappa shape index (κ1) is 46.5. The van der Waals surface area contributed by atoms with Crippen LogP contribution in [-0.2, 0) is 33.3 Å². The van der Waals surface area contributed by atoms with Gasteiger partial charge in [-0.1, -0.05) is 144 Å². The van der Waals surface area contributed by atoms with Crippen LogP contribution in [-0.4, -0.2) is 50.9 Å². The number of rotatable bonds is 31. The Hall–Kier alpha value is -1.63. The van der Waals surface area contributed by atoms with Crippen LogP contribution in [0.4, 0.5) is 0 Å². The molecular weight excluding hydrogens is 580 g/mol. The fraction of sp³-hybridized carbons (Fsp3) is 0.923. The predicted octanol–water partition coefficient (Wildman–Crippen LogP) is 10.9. The zero-order chi connectivity index (χ0) is 34.7. The first-order valence-electron chi connectivity index (χ1n) is 19.3. The van der Waals surface area contributed by atoms with Gasteiger partial charge in [-0.25, -0.2) is 0 Å². The van der Waals surface area contributed by atoms with E-state index in [2.05, 4.69) is 34.6 Å². The minimum Gasteiger partial charge on any atom is -0.465 e. The Labute approximate surface area is 285 Å². The molecule has 7 heteroatoms. The summed E-state index contributed by atoms with van der Waals surface area (Å²) in [5.41, 5.74) is 0. The molecule has 0 aromatic heterocycles. The minimum atomic E-state index is -0.394. The van der Waals surface area contributed by atoms with Crippen LogP contribution in [0.25, 0.3) is 0 Å². The zero-order valence-corrected chi connectivity index (χ0v) is 31.5. The maximum Gasteiger partial charge on any atom is 0.306 e. The van der Waals surface area contributed by atoms with E-state index >= 15 is 0 Å². The molecule has 2 atom stereocenters. The summed E-state index contributed by atoms with van der Waals surface area (Å²) in [6.07, 6.45) is 23.7. The van der Waals surface area contributed by atoms with Gasteiger partial charge in [0.15, 0.2) is 0 Å². The Bertz CT molecular complexity index is 641. The van der Waals surface area contributed by atoms with E-state index in [0.29, 0.717) is 12.8 Å². The number of methoxy groups -OCH3 is 1. The second kappa shape index (κ2) is 36.2. The summed E-state index contributed by atoms with van der Waals surface area (Å²) in [7, 11) is 1.77. The number of carbonyl (C=O) groups is 3. The Morgan fingerprint density at radius 3 is 1.33 bits per heavy atom. The lowest BCUT2D eigenvalue weighted by atomic mass is 9.99. The van der Waals surface area contributed by atoms with Crippen LogP contribution in [0.5, 0.6) is 0 Å². The molecule has 0 aromatic rings. The number of hydrogen-bond donors (Lipinski definition) is 0. The van der Waals surface area contributed by atoms with Gasteiger partial charge in [0.25, 0.3) is 0 Å². The standard InChI is InChI=1S/C30H56O6.C9H20O/c1-6-10-12-14-16-18-20-28(31)34-23-26(22-30(33)36-27(9-4)25(5)8-3)24-35-29(32)21-19-17-15-13-11-7-2;1-3-4-5-6-7-8-9-10-2/h25-27H,6-24H2,1-5H3;3-9H2,1-2H3. The van der Waals surface area contributed by atoms with Crippen LogP contribution in [0.2, 0.25) is 0 Å². The summed E-state index contributed by atoms with van der Waals surface area (Å²) >= 11 is 0. The Morgan fingerprint density at radius 1 is 0.522 bits per heavy atom. The molecule has 0 amide bonds. The molecule has 0 heterocycles. The number of carbonyl (C=O) groups excluding carboxylic acids is 3. The molecule has 0 aliphatic rings. The van der Waals surface area contributed by atoms with Crippen LogP contribution in [0.15, 0.2) is 0 Å². The Morgan fingerprint density at radius 2 is 0.935 bits per heavy atom. The van der Waals surface area contributed by atoms with Crippen molar-refractivity contribution in [2.24, 2.45) is 11.8 Å². The lowest BCUT2D eigenvalue weighted by Gasteiger charge is -2.23. The van der Waals surface area contributed by atoms with Gasteiger partial charge in [0.05, 0.1) is 19.6 Å². The highest BCUT2D eigenvalue weighted by molar-refractivity contribution is 5.71. The van der Waals surface area contributed by atoms with E-state index in [1.807, 2.05) is 6.92 Å². The number of esters is 3. The molecular formula is C39H76O7. The maximum atomic E-state index is 12.6. The van der Waals surface area contributed by atoms with Crippen molar-refractivity contribution >= 4 is 17.9 Å². The topological polar surface area (TPSA) is 88.1 Å². The van der Waals surface area contributed by atoms with Gasteiger partial charge in [0.2, 0.25) is 0 Å². The predicted molar refractivity (Wildman–Crippen MR) is 191 cm³/mol. The van der Waals surface area contributed by atoms with E-state index in [4.69, 9.17) is 18.9 Å². The normalized spacial score (nSPS) is 12.3. The molecule has 0 spiro atoms. The van der Waals surface area contributed by atoms with Crippen molar-refractivity contribution in [1.29, 1.82) is 0 Å². The molecule has 0 N–H and O–H groups in total. The number of hydrogen-bond acceptors (Lipinski definition) is 7. The first-order chi connectivity index (χ1) is 22.3. The molecule has 0 aromatic carbocycles. The molecule has 2 unspecified atom stereocenters. The average molecular weight is 657 g/mol. The smallest absolute Gasteiger partial charge is 0.306 e. The van der Waals surface area contributed by atoms with Crippen molar-refractivity contribution in [1.82, 2.24) is 0 Å². The van der Waals surface area contributed by atoms with E-state index in [1.54, 1.807) is 7.11 Å². The fourth-order valence-corrected chi connectivity index (χ4v) is 5.18. The summed E-state index contributed by atoms with van der Waals surface area (Å²) in [6.45, 7) is 13.8. The summed E-state index contributed by atoms with van der Waals surface area (Å²) in [5, 5.41) is 0. The van der Waals surface area contributed by atoms with Gasteiger partial charge in [0.1, 0.15) is 6.10 Å². The van der Waals surface area contributed by atoms with E-state index in [9.17, 15) is 14.4 Å². The molecule has 0 rings (SSSR count). The zero-order valence-electron chi connectivity index (χ0n) is 31.5. The van der Waals surface area contributed by atoms with Crippen molar-refractivity contribution in [3.63, 3.8) is 0 Å². The van der Waals surface area contributed by atoms with Crippen molar-refractivity contribution in [2.45, 2.75) is 195 Å². The summed E-state index contributed by atoms with van der Waals surface area (Å²) in [5.74, 6) is -0.954. The minimum absolute atomic E-state index is 0.0637. The van der Waals surface area contributed by atoms with Crippen LogP contribution in [0.1, 0.15) is 189 Å². The largest absolute Gasteiger partial charge is 0.465 e. The summed E-state index contributed by atoms with van der Waals surface area (Å²) in [4.78, 5) is 37.1. The van der Waals surface area contributed by atoms with Gasteiger partial charge in [-0.05, 0) is 31.6 Å². The monoisotopic (exact) mass is 657 g/mol. The van der Waals surface area contributed by atoms with Gasteiger partial charge in [0, 0.05) is 32.5 Å². The molecule has 0 aliphatic carbocycles. The maximum absolute atomic E-state index is 12.6. The van der Waals surface area contributed by atoms with Crippen molar-refractivity contribution in [3.8, 4) is 0 Å². The second-order valence-electron chi connectivity index (χ2n) is 13.1. The van der Waals surface area contributed by atoms with Crippen LogP contribution in [0, 0.1) is 11.8 Å². The van der Waals surface area contributed by atoms with Crippen molar-refractivity contribution < 1.29 is 33.3 Å². The van der Waals surface area contributed by atoms with Gasteiger partial charge < -0.3 is 18.9 Å². The van der Waals surface area contributed by atoms with E-state index in [0.717, 1.165) is 58.0 Å². The number of unbranched alkanes of at least 4 members (excludes halogenated alkanes) is 15. The molecule has 0 bridgehead atoms. The van der Waals surface area contributed by atoms with E-state index in [-0.39, 0.29) is 49.6 Å². The summed E-state index contributed by atoms with van der Waals surface area (Å²) in [6, 6.07) is 0. The van der Waals surface area contributed by atoms with Crippen LogP contribution >= 0.6 is 0 Å². The van der Waals surface area contributed by atoms with E-state index < -0.39 is 5.92 Å². The van der Waals surface area contributed by atoms with Gasteiger partial charge in [-0.2, -0.15) is 0 Å². The molecule has 7 nitrogen and oxygen atoms in total. The third kappa shape index (κ3) is 32.3. The van der Waals surface area contributed by atoms with Crippen molar-refractivity contribution in [3.05, 3.63) is 0 Å². The summed E-state index contributed by atoms with van der Waals surface area (Å²) < 4.78 is 21.6. The lowest BCUT2D eigenvalue weighted by Crippen LogP contribution is -2.28. The van der Waals surface area contributed by atoms with Crippen LogP contribution < -0.4 is 0 Å². The third-order valence-corrected chi connectivity index (χ3v) is 8.55. The van der Waals surface area contributed by atoms with Crippen molar-refractivity contribution in [2.75, 3.05) is 26.9 Å². The van der Waals surface area contributed by atoms with Crippen LogP contribution in [0.3, 0.4) is 0 Å². The molecule has 0 fully saturated rings. The molecule has 0 saturated carbocycles. The molecule has 46 heavy (non-hydrogen) atoms. The Kier molecular flexibility index (Phi) is 36.6. The molecule has 0 saturated heterocycles. The quantitative estimate of drug-likeness (QED) is 0.0417. The average Bonchev–Trinajstić information content (AvgIpc) is 3.05.